The number of Topliss-reactive ketones (excluding diaryl/α,β-unsaturated/α-hetero) is 1. The lowest BCUT2D eigenvalue weighted by molar-refractivity contribution is -0.144. The number of rotatable bonds is 8. The minimum absolute atomic E-state index is 0.0428. The highest BCUT2D eigenvalue weighted by Crippen LogP contribution is 2.28. The maximum absolute atomic E-state index is 13.5. The van der Waals surface area contributed by atoms with Gasteiger partial charge in [0.15, 0.2) is 5.78 Å². The number of amides is 3. The zero-order valence-electron chi connectivity index (χ0n) is 21.7. The summed E-state index contributed by atoms with van der Waals surface area (Å²) in [6.45, 7) is 9.29. The molecule has 2 aromatic rings. The van der Waals surface area contributed by atoms with E-state index < -0.39 is 29.4 Å². The Hall–Kier alpha value is -3.11. The SMILES string of the molecule is CNC(C)C(=O)NC(C(=O)N1CC(=O)CC1C(=O)NCc1ccc(-c2scnc2C)cc1)C(C)(C)C. The fourth-order valence-corrected chi connectivity index (χ4v) is 4.84. The van der Waals surface area contributed by atoms with Gasteiger partial charge in [0.25, 0.3) is 0 Å². The van der Waals surface area contributed by atoms with E-state index in [1.165, 1.54) is 4.90 Å². The van der Waals surface area contributed by atoms with E-state index in [0.29, 0.717) is 0 Å². The normalized spacial score (nSPS) is 17.6. The van der Waals surface area contributed by atoms with E-state index in [1.54, 1.807) is 25.3 Å². The van der Waals surface area contributed by atoms with Crippen LogP contribution in [0.25, 0.3) is 10.4 Å². The molecule has 1 aliphatic heterocycles. The Morgan fingerprint density at radius 3 is 2.42 bits per heavy atom. The van der Waals surface area contributed by atoms with Gasteiger partial charge in [-0.3, -0.25) is 19.2 Å². The average Bonchev–Trinajstić information content (AvgIpc) is 3.44. The lowest BCUT2D eigenvalue weighted by Gasteiger charge is -2.35. The van der Waals surface area contributed by atoms with Crippen molar-refractivity contribution in [3.05, 3.63) is 41.0 Å². The number of likely N-dealkylation sites (tertiary alicyclic amines) is 1. The predicted octanol–water partition coefficient (Wildman–Crippen LogP) is 2.04. The summed E-state index contributed by atoms with van der Waals surface area (Å²) in [7, 11) is 1.66. The van der Waals surface area contributed by atoms with Gasteiger partial charge in [-0.2, -0.15) is 0 Å². The van der Waals surface area contributed by atoms with E-state index in [9.17, 15) is 19.2 Å². The third-order valence-corrected chi connectivity index (χ3v) is 7.36. The molecule has 0 radical (unpaired) electrons. The second-order valence-corrected chi connectivity index (χ2v) is 11.1. The first-order chi connectivity index (χ1) is 16.9. The predicted molar refractivity (Wildman–Crippen MR) is 139 cm³/mol. The molecule has 1 aromatic heterocycles. The molecule has 0 bridgehead atoms. The number of ketones is 1. The lowest BCUT2D eigenvalue weighted by atomic mass is 9.85. The van der Waals surface area contributed by atoms with Gasteiger partial charge in [0.05, 0.1) is 28.7 Å². The third kappa shape index (κ3) is 6.36. The third-order valence-electron chi connectivity index (χ3n) is 6.38. The number of carbonyl (C=O) groups is 4. The van der Waals surface area contributed by atoms with Crippen molar-refractivity contribution >= 4 is 34.8 Å². The maximum Gasteiger partial charge on any atom is 0.246 e. The Morgan fingerprint density at radius 1 is 1.19 bits per heavy atom. The quantitative estimate of drug-likeness (QED) is 0.497. The van der Waals surface area contributed by atoms with E-state index in [4.69, 9.17) is 0 Å². The monoisotopic (exact) mass is 513 g/mol. The van der Waals surface area contributed by atoms with Crippen molar-refractivity contribution in [3.8, 4) is 10.4 Å². The Labute approximate surface area is 216 Å². The van der Waals surface area contributed by atoms with Crippen LogP contribution in [-0.2, 0) is 25.7 Å². The lowest BCUT2D eigenvalue weighted by Crippen LogP contribution is -2.59. The van der Waals surface area contributed by atoms with Crippen LogP contribution in [0.2, 0.25) is 0 Å². The van der Waals surface area contributed by atoms with Gasteiger partial charge in [-0.05, 0) is 37.4 Å². The Balaban J connectivity index is 1.69. The first kappa shape index (κ1) is 27.5. The smallest absolute Gasteiger partial charge is 0.246 e. The minimum atomic E-state index is -0.910. The molecule has 0 saturated carbocycles. The van der Waals surface area contributed by atoms with Crippen molar-refractivity contribution in [1.29, 1.82) is 0 Å². The molecule has 10 heteroatoms. The molecule has 3 atom stereocenters. The van der Waals surface area contributed by atoms with Crippen molar-refractivity contribution < 1.29 is 19.2 Å². The molecule has 1 fully saturated rings. The Morgan fingerprint density at radius 2 is 1.86 bits per heavy atom. The summed E-state index contributed by atoms with van der Waals surface area (Å²) < 4.78 is 0. The number of nitrogens with one attached hydrogen (secondary N) is 3. The second-order valence-electron chi connectivity index (χ2n) is 10.2. The number of aryl methyl sites for hydroxylation is 1. The molecule has 1 saturated heterocycles. The largest absolute Gasteiger partial charge is 0.350 e. The van der Waals surface area contributed by atoms with Crippen molar-refractivity contribution in [2.45, 2.75) is 65.7 Å². The van der Waals surface area contributed by atoms with Crippen LogP contribution in [0.3, 0.4) is 0 Å². The summed E-state index contributed by atoms with van der Waals surface area (Å²) >= 11 is 1.58. The van der Waals surface area contributed by atoms with Crippen LogP contribution >= 0.6 is 11.3 Å². The first-order valence-electron chi connectivity index (χ1n) is 12.0. The molecule has 194 valence electrons. The molecule has 2 heterocycles. The molecule has 3 rings (SSSR count). The van der Waals surface area contributed by atoms with Crippen LogP contribution in [0.5, 0.6) is 0 Å². The fraction of sp³-hybridized carbons (Fsp3) is 0.500. The maximum atomic E-state index is 13.5. The van der Waals surface area contributed by atoms with Crippen LogP contribution in [0.15, 0.2) is 29.8 Å². The number of hydrogen-bond donors (Lipinski definition) is 3. The van der Waals surface area contributed by atoms with Gasteiger partial charge in [0.1, 0.15) is 12.1 Å². The summed E-state index contributed by atoms with van der Waals surface area (Å²) in [5, 5.41) is 8.52. The molecule has 3 N–H and O–H groups in total. The summed E-state index contributed by atoms with van der Waals surface area (Å²) in [6.07, 6.45) is -0.0428. The summed E-state index contributed by atoms with van der Waals surface area (Å²) in [6, 6.07) is 5.56. The molecule has 36 heavy (non-hydrogen) atoms. The zero-order valence-corrected chi connectivity index (χ0v) is 22.5. The first-order valence-corrected chi connectivity index (χ1v) is 12.9. The number of thiazole rings is 1. The highest BCUT2D eigenvalue weighted by atomic mass is 32.1. The van der Waals surface area contributed by atoms with Crippen molar-refractivity contribution in [3.63, 3.8) is 0 Å². The van der Waals surface area contributed by atoms with Crippen LogP contribution in [0.1, 0.15) is 45.4 Å². The zero-order chi connectivity index (χ0) is 26.6. The van der Waals surface area contributed by atoms with Crippen molar-refractivity contribution in [2.24, 2.45) is 5.41 Å². The van der Waals surface area contributed by atoms with Gasteiger partial charge in [-0.1, -0.05) is 45.0 Å². The van der Waals surface area contributed by atoms with Gasteiger partial charge in [-0.25, -0.2) is 4.98 Å². The number of nitrogens with zero attached hydrogens (tertiary/aromatic N) is 2. The molecule has 0 aliphatic carbocycles. The van der Waals surface area contributed by atoms with Crippen LogP contribution in [0, 0.1) is 12.3 Å². The van der Waals surface area contributed by atoms with Gasteiger partial charge < -0.3 is 20.9 Å². The second kappa shape index (κ2) is 11.3. The van der Waals surface area contributed by atoms with Crippen molar-refractivity contribution in [2.75, 3.05) is 13.6 Å². The fourth-order valence-electron chi connectivity index (χ4n) is 4.03. The van der Waals surface area contributed by atoms with Gasteiger partial charge in [-0.15, -0.1) is 11.3 Å². The number of carbonyl (C=O) groups excluding carboxylic acids is 4. The Bertz CT molecular complexity index is 1120. The number of benzene rings is 1. The molecule has 0 spiro atoms. The summed E-state index contributed by atoms with van der Waals surface area (Å²) in [5.74, 6) is -1.33. The van der Waals surface area contributed by atoms with Crippen LogP contribution < -0.4 is 16.0 Å². The van der Waals surface area contributed by atoms with E-state index >= 15 is 0 Å². The highest BCUT2D eigenvalue weighted by Gasteiger charge is 2.44. The Kier molecular flexibility index (Phi) is 8.63. The molecular formula is C26H35N5O4S. The van der Waals surface area contributed by atoms with E-state index in [-0.39, 0.29) is 37.1 Å². The van der Waals surface area contributed by atoms with E-state index in [1.807, 2.05) is 57.5 Å². The standard InChI is InChI=1S/C26H35N5O4S/c1-15-21(36-14-29-15)18-9-7-17(8-10-18)12-28-24(34)20-11-19(32)13-31(20)25(35)22(26(3,4)5)30-23(33)16(2)27-6/h7-10,14,16,20,22,27H,11-13H2,1-6H3,(H,28,34)(H,30,33). The minimum Gasteiger partial charge on any atom is -0.350 e. The van der Waals surface area contributed by atoms with E-state index in [2.05, 4.69) is 20.9 Å². The van der Waals surface area contributed by atoms with E-state index in [0.717, 1.165) is 21.7 Å². The molecule has 3 amide bonds. The average molecular weight is 514 g/mol. The number of aromatic nitrogens is 1. The van der Waals surface area contributed by atoms with Crippen LogP contribution in [-0.4, -0.2) is 65.1 Å². The van der Waals surface area contributed by atoms with Gasteiger partial charge in [0, 0.05) is 13.0 Å². The summed E-state index contributed by atoms with van der Waals surface area (Å²) in [4.78, 5) is 58.1. The summed E-state index contributed by atoms with van der Waals surface area (Å²) in [5.41, 5.74) is 4.13. The number of likely N-dealkylation sites (N-methyl/N-ethyl adjacent to an activating group) is 1. The van der Waals surface area contributed by atoms with Gasteiger partial charge in [0.2, 0.25) is 17.7 Å². The molecular weight excluding hydrogens is 478 g/mol. The highest BCUT2D eigenvalue weighted by molar-refractivity contribution is 7.13. The van der Waals surface area contributed by atoms with Crippen molar-refractivity contribution in [1.82, 2.24) is 25.8 Å². The van der Waals surface area contributed by atoms with Gasteiger partial charge >= 0.3 is 0 Å². The molecule has 3 unspecified atom stereocenters. The molecule has 1 aliphatic rings. The topological polar surface area (TPSA) is 121 Å². The van der Waals surface area contributed by atoms with Crippen LogP contribution in [0.4, 0.5) is 0 Å². The number of hydrogen-bond acceptors (Lipinski definition) is 7. The molecule has 1 aromatic carbocycles. The molecule has 9 nitrogen and oxygen atoms in total.